The second-order valence-corrected chi connectivity index (χ2v) is 9.62. The number of aryl methyl sites for hydroxylation is 4. The number of carbonyl (C=O) groups excluding carboxylic acids is 2. The highest BCUT2D eigenvalue weighted by Gasteiger charge is 2.37. The molecule has 0 fully saturated rings. The van der Waals surface area contributed by atoms with Gasteiger partial charge in [-0.2, -0.15) is 0 Å². The highest BCUT2D eigenvalue weighted by molar-refractivity contribution is 6.25. The highest BCUT2D eigenvalue weighted by atomic mass is 16.1. The fourth-order valence-electron chi connectivity index (χ4n) is 6.35. The second kappa shape index (κ2) is 6.62. The SMILES string of the molecule is Cc1ccc(C)c2c1CCc1c3c(c4c(c1-2)-c1c(C)ccc(C)c1CC4)C(=O)C=CC3=O. The summed E-state index contributed by atoms with van der Waals surface area (Å²) in [4.78, 5) is 26.4. The number of rotatable bonds is 0. The normalized spacial score (nSPS) is 15.6. The van der Waals surface area contributed by atoms with Gasteiger partial charge in [0.2, 0.25) is 0 Å². The van der Waals surface area contributed by atoms with Crippen molar-refractivity contribution in [3.63, 3.8) is 0 Å². The minimum atomic E-state index is -0.0147. The second-order valence-electron chi connectivity index (χ2n) is 9.62. The van der Waals surface area contributed by atoms with Gasteiger partial charge in [-0.1, -0.05) is 24.3 Å². The number of hydrogen-bond donors (Lipinski definition) is 0. The van der Waals surface area contributed by atoms with Gasteiger partial charge in [-0.05, 0) is 132 Å². The summed E-state index contributed by atoms with van der Waals surface area (Å²) in [6, 6.07) is 8.83. The summed E-state index contributed by atoms with van der Waals surface area (Å²) in [5.41, 5.74) is 16.4. The van der Waals surface area contributed by atoms with Crippen LogP contribution in [0.2, 0.25) is 0 Å². The van der Waals surface area contributed by atoms with Gasteiger partial charge in [0.25, 0.3) is 0 Å². The molecule has 2 nitrogen and oxygen atoms in total. The van der Waals surface area contributed by atoms with E-state index >= 15 is 0 Å². The number of allylic oxidation sites excluding steroid dienone is 2. The molecular formula is C30H26O2. The van der Waals surface area contributed by atoms with Gasteiger partial charge in [-0.25, -0.2) is 0 Å². The van der Waals surface area contributed by atoms with Crippen LogP contribution in [0.25, 0.3) is 22.3 Å². The molecule has 0 spiro atoms. The highest BCUT2D eigenvalue weighted by Crippen LogP contribution is 2.52. The van der Waals surface area contributed by atoms with Gasteiger partial charge in [-0.3, -0.25) is 9.59 Å². The molecule has 3 aromatic rings. The van der Waals surface area contributed by atoms with Crippen molar-refractivity contribution in [3.05, 3.63) is 92.1 Å². The Morgan fingerprint density at radius 2 is 0.781 bits per heavy atom. The minimum absolute atomic E-state index is 0.0147. The summed E-state index contributed by atoms with van der Waals surface area (Å²) in [6.45, 7) is 8.74. The van der Waals surface area contributed by atoms with Crippen LogP contribution in [0.15, 0.2) is 36.4 Å². The van der Waals surface area contributed by atoms with Crippen LogP contribution in [0, 0.1) is 27.7 Å². The first-order chi connectivity index (χ1) is 15.4. The third-order valence-electron chi connectivity index (χ3n) is 7.85. The van der Waals surface area contributed by atoms with E-state index in [0.29, 0.717) is 11.1 Å². The van der Waals surface area contributed by atoms with Crippen LogP contribution < -0.4 is 0 Å². The largest absolute Gasteiger partial charge is 0.289 e. The molecule has 0 radical (unpaired) electrons. The first-order valence-electron chi connectivity index (χ1n) is 11.6. The lowest BCUT2D eigenvalue weighted by molar-refractivity contribution is 0.0992. The Balaban J connectivity index is 1.87. The van der Waals surface area contributed by atoms with Crippen molar-refractivity contribution in [2.75, 3.05) is 0 Å². The molecule has 0 saturated heterocycles. The molecule has 3 aliphatic rings. The molecule has 158 valence electrons. The average molecular weight is 419 g/mol. The monoisotopic (exact) mass is 418 g/mol. The molecule has 0 N–H and O–H groups in total. The van der Waals surface area contributed by atoms with Crippen LogP contribution in [0.1, 0.15) is 65.2 Å². The van der Waals surface area contributed by atoms with Crippen molar-refractivity contribution in [2.24, 2.45) is 0 Å². The van der Waals surface area contributed by atoms with Gasteiger partial charge in [0.15, 0.2) is 11.6 Å². The number of carbonyl (C=O) groups is 2. The predicted octanol–water partition coefficient (Wildman–Crippen LogP) is 6.39. The summed E-state index contributed by atoms with van der Waals surface area (Å²) in [6.07, 6.45) is 6.37. The summed E-state index contributed by atoms with van der Waals surface area (Å²) in [7, 11) is 0. The Hall–Kier alpha value is -3.26. The molecule has 32 heavy (non-hydrogen) atoms. The van der Waals surface area contributed by atoms with Gasteiger partial charge >= 0.3 is 0 Å². The van der Waals surface area contributed by atoms with Crippen LogP contribution in [0.4, 0.5) is 0 Å². The Morgan fingerprint density at radius 1 is 0.438 bits per heavy atom. The fourth-order valence-corrected chi connectivity index (χ4v) is 6.35. The molecule has 0 aromatic heterocycles. The first kappa shape index (κ1) is 19.4. The lowest BCUT2D eigenvalue weighted by Gasteiger charge is -2.35. The van der Waals surface area contributed by atoms with E-state index in [1.807, 2.05) is 0 Å². The molecule has 0 aliphatic heterocycles. The molecular weight excluding hydrogens is 392 g/mol. The smallest absolute Gasteiger partial charge is 0.187 e. The third kappa shape index (κ3) is 2.41. The van der Waals surface area contributed by atoms with Crippen LogP contribution in [-0.2, 0) is 25.7 Å². The summed E-state index contributed by atoms with van der Waals surface area (Å²) < 4.78 is 0. The van der Waals surface area contributed by atoms with E-state index in [-0.39, 0.29) is 11.6 Å². The van der Waals surface area contributed by atoms with Gasteiger partial charge in [-0.15, -0.1) is 0 Å². The lowest BCUT2D eigenvalue weighted by Crippen LogP contribution is -2.24. The molecule has 0 bridgehead atoms. The Kier molecular flexibility index (Phi) is 4.02. The topological polar surface area (TPSA) is 34.1 Å². The van der Waals surface area contributed by atoms with Crippen molar-refractivity contribution in [3.8, 4) is 22.3 Å². The van der Waals surface area contributed by atoms with Gasteiger partial charge in [0, 0.05) is 11.1 Å². The minimum Gasteiger partial charge on any atom is -0.289 e. The van der Waals surface area contributed by atoms with Crippen molar-refractivity contribution >= 4 is 11.6 Å². The van der Waals surface area contributed by atoms with Crippen molar-refractivity contribution in [1.29, 1.82) is 0 Å². The van der Waals surface area contributed by atoms with E-state index in [9.17, 15) is 9.59 Å². The predicted molar refractivity (Wildman–Crippen MR) is 129 cm³/mol. The van der Waals surface area contributed by atoms with Crippen molar-refractivity contribution in [1.82, 2.24) is 0 Å². The molecule has 3 aliphatic carbocycles. The molecule has 6 rings (SSSR count). The quantitative estimate of drug-likeness (QED) is 0.424. The van der Waals surface area contributed by atoms with Crippen LogP contribution in [-0.4, -0.2) is 11.6 Å². The summed E-state index contributed by atoms with van der Waals surface area (Å²) >= 11 is 0. The summed E-state index contributed by atoms with van der Waals surface area (Å²) in [5.74, 6) is -0.0293. The van der Waals surface area contributed by atoms with E-state index in [0.717, 1.165) is 36.8 Å². The average Bonchev–Trinajstić information content (AvgIpc) is 2.79. The Morgan fingerprint density at radius 3 is 1.19 bits per heavy atom. The molecule has 0 atom stereocenters. The number of hydrogen-bond acceptors (Lipinski definition) is 2. The fraction of sp³-hybridized carbons (Fsp3) is 0.267. The van der Waals surface area contributed by atoms with E-state index in [2.05, 4.69) is 52.0 Å². The maximum absolute atomic E-state index is 13.2. The van der Waals surface area contributed by atoms with E-state index < -0.39 is 0 Å². The van der Waals surface area contributed by atoms with Gasteiger partial charge in [0.05, 0.1) is 0 Å². The Labute approximate surface area is 189 Å². The maximum Gasteiger partial charge on any atom is 0.187 e. The number of fused-ring (bicyclic) bond motifs is 10. The number of benzene rings is 3. The van der Waals surface area contributed by atoms with Gasteiger partial charge < -0.3 is 0 Å². The van der Waals surface area contributed by atoms with Crippen molar-refractivity contribution in [2.45, 2.75) is 53.4 Å². The summed E-state index contributed by atoms with van der Waals surface area (Å²) in [5, 5.41) is 0. The molecule has 0 amide bonds. The molecule has 0 unspecified atom stereocenters. The van der Waals surface area contributed by atoms with E-state index in [4.69, 9.17) is 0 Å². The first-order valence-corrected chi connectivity index (χ1v) is 11.6. The van der Waals surface area contributed by atoms with Crippen LogP contribution >= 0.6 is 0 Å². The van der Waals surface area contributed by atoms with Crippen LogP contribution in [0.3, 0.4) is 0 Å². The van der Waals surface area contributed by atoms with Crippen molar-refractivity contribution < 1.29 is 9.59 Å². The number of ketones is 2. The van der Waals surface area contributed by atoms with E-state index in [1.54, 1.807) is 0 Å². The zero-order valence-corrected chi connectivity index (χ0v) is 19.1. The van der Waals surface area contributed by atoms with E-state index in [1.165, 1.54) is 67.8 Å². The molecule has 2 heteroatoms. The zero-order valence-electron chi connectivity index (χ0n) is 19.1. The maximum atomic E-state index is 13.2. The zero-order chi connectivity index (χ0) is 22.3. The Bertz CT molecular complexity index is 1320. The van der Waals surface area contributed by atoms with Crippen LogP contribution in [0.5, 0.6) is 0 Å². The molecule has 0 heterocycles. The van der Waals surface area contributed by atoms with Gasteiger partial charge in [0.1, 0.15) is 0 Å². The lowest BCUT2D eigenvalue weighted by atomic mass is 9.67. The molecule has 0 saturated carbocycles. The third-order valence-corrected chi connectivity index (χ3v) is 7.85. The molecule has 3 aromatic carbocycles. The standard InChI is InChI=1S/C30H26O2/c1-15-5-7-17(3)25-19(15)9-11-21-27-23(31)13-14-24(32)28(27)22-12-10-20-16(2)6-8-18(4)26(20)30(22)29(21)25/h5-8,13-14H,9-12H2,1-4H3.